The van der Waals surface area contributed by atoms with Gasteiger partial charge in [0, 0.05) is 39.6 Å². The van der Waals surface area contributed by atoms with Crippen LogP contribution >= 0.6 is 35.4 Å². The molecule has 1 heterocycles. The summed E-state index contributed by atoms with van der Waals surface area (Å²) in [4.78, 5) is 10.2. The summed E-state index contributed by atoms with van der Waals surface area (Å²) in [6.07, 6.45) is 0. The lowest BCUT2D eigenvalue weighted by Crippen LogP contribution is -2.19. The third-order valence-electron chi connectivity index (χ3n) is 3.89. The predicted molar refractivity (Wildman–Crippen MR) is 115 cm³/mol. The molecule has 0 fully saturated rings. The molecular weight excluding hydrogens is 421 g/mol. The zero-order chi connectivity index (χ0) is 20.3. The zero-order valence-corrected chi connectivity index (χ0v) is 17.0. The molecule has 0 aliphatic carbocycles. The lowest BCUT2D eigenvalue weighted by atomic mass is 10.2. The fraction of sp³-hybridized carbons (Fsp3) is 0.111. The maximum absolute atomic E-state index is 10.7. The summed E-state index contributed by atoms with van der Waals surface area (Å²) in [5.74, 6) is 0.571. The van der Waals surface area contributed by atoms with Gasteiger partial charge in [0.25, 0.3) is 5.69 Å². The number of aryl methyl sites for hydroxylation is 1. The monoisotopic (exact) mass is 435 g/mol. The van der Waals surface area contributed by atoms with Gasteiger partial charge in [-0.15, -0.1) is 0 Å². The number of halogens is 2. The van der Waals surface area contributed by atoms with Gasteiger partial charge in [0.1, 0.15) is 0 Å². The van der Waals surface area contributed by atoms with E-state index in [1.165, 1.54) is 12.1 Å². The molecule has 144 valence electrons. The Labute approximate surface area is 176 Å². The molecule has 0 amide bonds. The van der Waals surface area contributed by atoms with E-state index in [1.807, 2.05) is 19.1 Å². The van der Waals surface area contributed by atoms with Gasteiger partial charge in [0.15, 0.2) is 10.9 Å². The summed E-state index contributed by atoms with van der Waals surface area (Å²) in [6.45, 7) is 2.42. The highest BCUT2D eigenvalue weighted by molar-refractivity contribution is 7.80. The highest BCUT2D eigenvalue weighted by Crippen LogP contribution is 2.23. The molecule has 0 aliphatic rings. The Balaban J connectivity index is 1.65. The minimum absolute atomic E-state index is 0.0136. The number of hydrogen-bond donors (Lipinski definition) is 2. The lowest BCUT2D eigenvalue weighted by Gasteiger charge is -2.09. The second-order valence-electron chi connectivity index (χ2n) is 5.95. The van der Waals surface area contributed by atoms with Crippen molar-refractivity contribution >= 4 is 57.7 Å². The van der Waals surface area contributed by atoms with Crippen molar-refractivity contribution in [2.24, 2.45) is 0 Å². The van der Waals surface area contributed by atoms with Crippen LogP contribution in [0.1, 0.15) is 11.3 Å². The fourth-order valence-corrected chi connectivity index (χ4v) is 3.18. The molecule has 3 aromatic rings. The zero-order valence-electron chi connectivity index (χ0n) is 14.6. The first kappa shape index (κ1) is 20.1. The Kier molecular flexibility index (Phi) is 6.13. The van der Waals surface area contributed by atoms with Gasteiger partial charge in [-0.2, -0.15) is 5.10 Å². The van der Waals surface area contributed by atoms with Crippen LogP contribution in [0.2, 0.25) is 10.0 Å². The second kappa shape index (κ2) is 8.55. The van der Waals surface area contributed by atoms with E-state index >= 15 is 0 Å². The first-order valence-electron chi connectivity index (χ1n) is 8.12. The summed E-state index contributed by atoms with van der Waals surface area (Å²) in [6, 6.07) is 13.2. The number of nitrogens with zero attached hydrogens (tertiary/aromatic N) is 3. The van der Waals surface area contributed by atoms with Crippen LogP contribution in [-0.4, -0.2) is 19.8 Å². The molecule has 0 radical (unpaired) electrons. The molecule has 10 heteroatoms. The van der Waals surface area contributed by atoms with Gasteiger partial charge in [-0.05, 0) is 49.0 Å². The average Bonchev–Trinajstić information content (AvgIpc) is 2.96. The normalized spacial score (nSPS) is 10.5. The molecule has 2 aromatic carbocycles. The maximum Gasteiger partial charge on any atom is 0.269 e. The van der Waals surface area contributed by atoms with E-state index in [1.54, 1.807) is 28.9 Å². The lowest BCUT2D eigenvalue weighted by molar-refractivity contribution is -0.384. The van der Waals surface area contributed by atoms with Gasteiger partial charge >= 0.3 is 0 Å². The van der Waals surface area contributed by atoms with E-state index < -0.39 is 4.92 Å². The maximum atomic E-state index is 10.7. The molecule has 3 rings (SSSR count). The predicted octanol–water partition coefficient (Wildman–Crippen LogP) is 5.26. The Morgan fingerprint density at radius 1 is 1.18 bits per heavy atom. The van der Waals surface area contributed by atoms with Gasteiger partial charge in [0.2, 0.25) is 0 Å². The van der Waals surface area contributed by atoms with E-state index in [0.29, 0.717) is 33.2 Å². The highest BCUT2D eigenvalue weighted by Gasteiger charge is 2.10. The fourth-order valence-electron chi connectivity index (χ4n) is 2.49. The summed E-state index contributed by atoms with van der Waals surface area (Å²) in [5, 5.41) is 22.6. The molecule has 28 heavy (non-hydrogen) atoms. The minimum Gasteiger partial charge on any atom is -0.332 e. The number of benzene rings is 2. The Morgan fingerprint density at radius 3 is 2.54 bits per heavy atom. The van der Waals surface area contributed by atoms with E-state index in [4.69, 9.17) is 35.4 Å². The smallest absolute Gasteiger partial charge is 0.269 e. The Hall–Kier alpha value is -2.68. The van der Waals surface area contributed by atoms with Gasteiger partial charge in [-0.1, -0.05) is 29.3 Å². The Bertz CT molecular complexity index is 1040. The number of nitrogens with one attached hydrogen (secondary N) is 2. The highest BCUT2D eigenvalue weighted by atomic mass is 35.5. The third-order valence-corrected chi connectivity index (χ3v) is 4.69. The molecule has 0 spiro atoms. The van der Waals surface area contributed by atoms with Crippen molar-refractivity contribution in [3.05, 3.63) is 79.9 Å². The third kappa shape index (κ3) is 4.98. The van der Waals surface area contributed by atoms with Crippen LogP contribution in [0.5, 0.6) is 0 Å². The second-order valence-corrected chi connectivity index (χ2v) is 7.20. The molecule has 0 aliphatic heterocycles. The van der Waals surface area contributed by atoms with Crippen LogP contribution in [0.25, 0.3) is 0 Å². The molecule has 0 bridgehead atoms. The molecule has 0 atom stereocenters. The number of nitro benzene ring substituents is 1. The first-order valence-corrected chi connectivity index (χ1v) is 9.29. The van der Waals surface area contributed by atoms with Crippen LogP contribution in [0.4, 0.5) is 17.2 Å². The molecular formula is C18H15Cl2N5O2S. The van der Waals surface area contributed by atoms with Crippen LogP contribution in [0, 0.1) is 17.0 Å². The molecule has 0 saturated carbocycles. The van der Waals surface area contributed by atoms with Crippen molar-refractivity contribution < 1.29 is 4.92 Å². The van der Waals surface area contributed by atoms with Crippen LogP contribution in [-0.2, 0) is 6.54 Å². The quantitative estimate of drug-likeness (QED) is 0.322. The number of thiocarbonyl (C=S) groups is 1. The summed E-state index contributed by atoms with van der Waals surface area (Å²) >= 11 is 17.4. The van der Waals surface area contributed by atoms with Crippen molar-refractivity contribution in [3.8, 4) is 0 Å². The number of rotatable bonds is 5. The topological polar surface area (TPSA) is 85.0 Å². The van der Waals surface area contributed by atoms with E-state index in [0.717, 1.165) is 11.3 Å². The van der Waals surface area contributed by atoms with Crippen molar-refractivity contribution in [1.82, 2.24) is 9.78 Å². The van der Waals surface area contributed by atoms with Crippen LogP contribution in [0.3, 0.4) is 0 Å². The van der Waals surface area contributed by atoms with Crippen molar-refractivity contribution in [1.29, 1.82) is 0 Å². The number of hydrogen-bond acceptors (Lipinski definition) is 4. The van der Waals surface area contributed by atoms with Crippen molar-refractivity contribution in [2.45, 2.75) is 13.5 Å². The molecule has 0 saturated heterocycles. The molecule has 7 nitrogen and oxygen atoms in total. The summed E-state index contributed by atoms with van der Waals surface area (Å²) in [7, 11) is 0. The van der Waals surface area contributed by atoms with Crippen molar-refractivity contribution in [2.75, 3.05) is 10.6 Å². The van der Waals surface area contributed by atoms with Crippen LogP contribution in [0.15, 0.2) is 48.5 Å². The number of anilines is 2. The van der Waals surface area contributed by atoms with Gasteiger partial charge in [0.05, 0.1) is 11.5 Å². The van der Waals surface area contributed by atoms with E-state index in [-0.39, 0.29) is 5.69 Å². The number of aromatic nitrogens is 2. The molecule has 1 aromatic heterocycles. The number of nitro groups is 1. The van der Waals surface area contributed by atoms with Crippen molar-refractivity contribution in [3.63, 3.8) is 0 Å². The largest absolute Gasteiger partial charge is 0.332 e. The standard InChI is InChI=1S/C18H15Cl2N5O2S/c1-11-8-17(23-24(11)10-12-2-3-13(19)9-16(12)20)22-18(28)21-14-4-6-15(7-5-14)25(26)27/h2-9H,10H2,1H3,(H2,21,22,23,28). The minimum atomic E-state index is -0.456. The van der Waals surface area contributed by atoms with Crippen LogP contribution < -0.4 is 10.6 Å². The first-order chi connectivity index (χ1) is 13.3. The molecule has 2 N–H and O–H groups in total. The summed E-state index contributed by atoms with van der Waals surface area (Å²) < 4.78 is 1.80. The number of non-ortho nitro benzene ring substituents is 1. The SMILES string of the molecule is Cc1cc(NC(=S)Nc2ccc([N+](=O)[O-])cc2)nn1Cc1ccc(Cl)cc1Cl. The van der Waals surface area contributed by atoms with E-state index in [2.05, 4.69) is 15.7 Å². The van der Waals surface area contributed by atoms with Gasteiger partial charge in [-0.25, -0.2) is 0 Å². The Morgan fingerprint density at radius 2 is 1.89 bits per heavy atom. The van der Waals surface area contributed by atoms with E-state index in [9.17, 15) is 10.1 Å². The van der Waals surface area contributed by atoms with Gasteiger partial charge < -0.3 is 10.6 Å². The summed E-state index contributed by atoms with van der Waals surface area (Å²) in [5.41, 5.74) is 2.47. The van der Waals surface area contributed by atoms with Gasteiger partial charge in [-0.3, -0.25) is 14.8 Å². The molecule has 0 unspecified atom stereocenters. The average molecular weight is 436 g/mol.